The number of ether oxygens (including phenoxy) is 1. The minimum Gasteiger partial charge on any atom is -0.494 e. The summed E-state index contributed by atoms with van der Waals surface area (Å²) >= 11 is 0. The number of likely N-dealkylation sites (N-methyl/N-ethyl adjacent to an activating group) is 1. The molecule has 32 heavy (non-hydrogen) atoms. The Morgan fingerprint density at radius 3 is 2.28 bits per heavy atom. The highest BCUT2D eigenvalue weighted by molar-refractivity contribution is 5.89. The van der Waals surface area contributed by atoms with Crippen LogP contribution >= 0.6 is 0 Å². The fourth-order valence-corrected chi connectivity index (χ4v) is 3.99. The Labute approximate surface area is 190 Å². The molecule has 0 bridgehead atoms. The van der Waals surface area contributed by atoms with E-state index in [0.29, 0.717) is 32.8 Å². The molecule has 2 aromatic rings. The lowest BCUT2D eigenvalue weighted by molar-refractivity contribution is 0.208. The van der Waals surface area contributed by atoms with Crippen molar-refractivity contribution in [2.24, 2.45) is 0 Å². The van der Waals surface area contributed by atoms with Gasteiger partial charge in [-0.15, -0.1) is 0 Å². The van der Waals surface area contributed by atoms with E-state index < -0.39 is 0 Å². The number of anilines is 3. The molecule has 0 aliphatic carbocycles. The van der Waals surface area contributed by atoms with Gasteiger partial charge >= 0.3 is 6.03 Å². The van der Waals surface area contributed by atoms with Crippen molar-refractivity contribution in [3.8, 4) is 5.75 Å². The first-order valence-electron chi connectivity index (χ1n) is 11.3. The molecule has 9 heteroatoms. The second-order valence-corrected chi connectivity index (χ2v) is 8.32. The first-order chi connectivity index (χ1) is 15.5. The number of hydrogen-bond acceptors (Lipinski definition) is 7. The number of urea groups is 1. The van der Waals surface area contributed by atoms with Gasteiger partial charge in [-0.1, -0.05) is 0 Å². The molecule has 0 unspecified atom stereocenters. The second kappa shape index (κ2) is 10.0. The number of piperazine rings is 2. The van der Waals surface area contributed by atoms with E-state index in [1.54, 1.807) is 0 Å². The molecule has 4 rings (SSSR count). The maximum absolute atomic E-state index is 12.7. The van der Waals surface area contributed by atoms with Gasteiger partial charge in [-0.3, -0.25) is 0 Å². The fraction of sp³-hybridized carbons (Fsp3) is 0.522. The fourth-order valence-electron chi connectivity index (χ4n) is 3.99. The van der Waals surface area contributed by atoms with E-state index in [9.17, 15) is 4.79 Å². The summed E-state index contributed by atoms with van der Waals surface area (Å²) in [7, 11) is 2.15. The summed E-state index contributed by atoms with van der Waals surface area (Å²) < 4.78 is 5.45. The zero-order chi connectivity index (χ0) is 22.5. The number of carbonyl (C=O) groups excluding carboxylic acids is 1. The van der Waals surface area contributed by atoms with Crippen molar-refractivity contribution in [1.82, 2.24) is 19.8 Å². The third-order valence-corrected chi connectivity index (χ3v) is 5.92. The Bertz CT molecular complexity index is 905. The van der Waals surface area contributed by atoms with E-state index in [0.717, 1.165) is 55.1 Å². The number of benzene rings is 1. The summed E-state index contributed by atoms with van der Waals surface area (Å²) in [5.41, 5.74) is 1.74. The lowest BCUT2D eigenvalue weighted by atomic mass is 10.3. The van der Waals surface area contributed by atoms with Gasteiger partial charge in [0.2, 0.25) is 5.95 Å². The molecular formula is C23H33N7O2. The van der Waals surface area contributed by atoms with E-state index in [2.05, 4.69) is 38.1 Å². The lowest BCUT2D eigenvalue weighted by Gasteiger charge is -2.36. The van der Waals surface area contributed by atoms with Crippen LogP contribution in [-0.2, 0) is 0 Å². The van der Waals surface area contributed by atoms with Crippen LogP contribution in [0.4, 0.5) is 22.2 Å². The van der Waals surface area contributed by atoms with E-state index in [-0.39, 0.29) is 6.03 Å². The van der Waals surface area contributed by atoms with Gasteiger partial charge in [0.05, 0.1) is 6.61 Å². The van der Waals surface area contributed by atoms with Crippen molar-refractivity contribution in [2.45, 2.75) is 13.8 Å². The number of nitrogens with one attached hydrogen (secondary N) is 1. The van der Waals surface area contributed by atoms with Crippen LogP contribution in [0.3, 0.4) is 0 Å². The molecule has 3 heterocycles. The van der Waals surface area contributed by atoms with Gasteiger partial charge in [-0.2, -0.15) is 4.98 Å². The highest BCUT2D eigenvalue weighted by Gasteiger charge is 2.24. The normalized spacial score (nSPS) is 17.4. The molecule has 2 aliphatic rings. The zero-order valence-corrected chi connectivity index (χ0v) is 19.3. The summed E-state index contributed by atoms with van der Waals surface area (Å²) in [6, 6.07) is 9.43. The van der Waals surface area contributed by atoms with E-state index in [1.165, 1.54) is 0 Å². The molecule has 0 spiro atoms. The van der Waals surface area contributed by atoms with Crippen molar-refractivity contribution in [3.05, 3.63) is 36.0 Å². The Morgan fingerprint density at radius 2 is 1.62 bits per heavy atom. The maximum Gasteiger partial charge on any atom is 0.321 e. The number of aryl methyl sites for hydroxylation is 1. The number of amides is 2. The molecule has 2 amide bonds. The van der Waals surface area contributed by atoms with Crippen LogP contribution in [0, 0.1) is 6.92 Å². The van der Waals surface area contributed by atoms with E-state index in [1.807, 2.05) is 43.0 Å². The SMILES string of the molecule is CCOc1ccc(NC(=O)N2CCN(c3nc(C)cc(N4CCN(C)CC4)n3)CC2)cc1. The maximum atomic E-state index is 12.7. The summed E-state index contributed by atoms with van der Waals surface area (Å²) in [6.07, 6.45) is 0. The van der Waals surface area contributed by atoms with Gasteiger partial charge < -0.3 is 29.7 Å². The predicted molar refractivity (Wildman–Crippen MR) is 127 cm³/mol. The third-order valence-electron chi connectivity index (χ3n) is 5.92. The molecule has 0 saturated carbocycles. The molecule has 0 atom stereocenters. The number of hydrogen-bond donors (Lipinski definition) is 1. The van der Waals surface area contributed by atoms with Crippen molar-refractivity contribution >= 4 is 23.5 Å². The molecule has 172 valence electrons. The Balaban J connectivity index is 1.33. The molecule has 9 nitrogen and oxygen atoms in total. The van der Waals surface area contributed by atoms with Crippen molar-refractivity contribution in [1.29, 1.82) is 0 Å². The van der Waals surface area contributed by atoms with Crippen LogP contribution in [0.2, 0.25) is 0 Å². The van der Waals surface area contributed by atoms with Crippen LogP contribution in [0.15, 0.2) is 30.3 Å². The Morgan fingerprint density at radius 1 is 0.969 bits per heavy atom. The Hall–Kier alpha value is -3.07. The highest BCUT2D eigenvalue weighted by Crippen LogP contribution is 2.21. The minimum atomic E-state index is -0.0860. The van der Waals surface area contributed by atoms with Gasteiger partial charge in [0, 0.05) is 69.8 Å². The van der Waals surface area contributed by atoms with Crippen molar-refractivity contribution < 1.29 is 9.53 Å². The first kappa shape index (κ1) is 22.1. The van der Waals surface area contributed by atoms with Crippen LogP contribution in [0.1, 0.15) is 12.6 Å². The summed E-state index contributed by atoms with van der Waals surface area (Å²) in [5, 5.41) is 2.97. The average molecular weight is 440 g/mol. The number of nitrogens with zero attached hydrogens (tertiary/aromatic N) is 6. The van der Waals surface area contributed by atoms with Crippen LogP contribution in [0.5, 0.6) is 5.75 Å². The average Bonchev–Trinajstić information content (AvgIpc) is 2.81. The molecular weight excluding hydrogens is 406 g/mol. The van der Waals surface area contributed by atoms with Gasteiger partial charge in [-0.25, -0.2) is 9.78 Å². The molecule has 0 radical (unpaired) electrons. The van der Waals surface area contributed by atoms with Gasteiger partial charge in [0.1, 0.15) is 11.6 Å². The van der Waals surface area contributed by atoms with Gasteiger partial charge in [0.15, 0.2) is 0 Å². The summed E-state index contributed by atoms with van der Waals surface area (Å²) in [5.74, 6) is 2.55. The van der Waals surface area contributed by atoms with Crippen molar-refractivity contribution in [3.63, 3.8) is 0 Å². The zero-order valence-electron chi connectivity index (χ0n) is 19.3. The first-order valence-corrected chi connectivity index (χ1v) is 11.3. The van der Waals surface area contributed by atoms with E-state index >= 15 is 0 Å². The lowest BCUT2D eigenvalue weighted by Crippen LogP contribution is -2.50. The predicted octanol–water partition coefficient (Wildman–Crippen LogP) is 2.29. The highest BCUT2D eigenvalue weighted by atomic mass is 16.5. The van der Waals surface area contributed by atoms with Gasteiger partial charge in [-0.05, 0) is 45.2 Å². The van der Waals surface area contributed by atoms with Crippen molar-refractivity contribution in [2.75, 3.05) is 81.1 Å². The smallest absolute Gasteiger partial charge is 0.321 e. The largest absolute Gasteiger partial charge is 0.494 e. The molecule has 2 fully saturated rings. The topological polar surface area (TPSA) is 77.1 Å². The van der Waals surface area contributed by atoms with Crippen LogP contribution in [0.25, 0.3) is 0 Å². The summed E-state index contributed by atoms with van der Waals surface area (Å²) in [4.78, 5) is 30.9. The quantitative estimate of drug-likeness (QED) is 0.766. The molecule has 1 aromatic carbocycles. The molecule has 1 aromatic heterocycles. The number of carbonyl (C=O) groups is 1. The molecule has 1 N–H and O–H groups in total. The summed E-state index contributed by atoms with van der Waals surface area (Å²) in [6.45, 7) is 11.3. The second-order valence-electron chi connectivity index (χ2n) is 8.32. The monoisotopic (exact) mass is 439 g/mol. The molecule has 2 saturated heterocycles. The third kappa shape index (κ3) is 5.40. The number of rotatable bonds is 5. The minimum absolute atomic E-state index is 0.0860. The van der Waals surface area contributed by atoms with Crippen LogP contribution in [-0.4, -0.2) is 91.8 Å². The standard InChI is InChI=1S/C23H33N7O2/c1-4-32-20-7-5-19(6-8-20)25-23(31)30-15-13-29(14-16-30)22-24-18(2)17-21(26-22)28-11-9-27(3)10-12-28/h5-8,17H,4,9-16H2,1-3H3,(H,25,31). The number of aromatic nitrogens is 2. The Kier molecular flexibility index (Phi) is 6.94. The molecule has 2 aliphatic heterocycles. The van der Waals surface area contributed by atoms with E-state index in [4.69, 9.17) is 9.72 Å². The van der Waals surface area contributed by atoms with Crippen LogP contribution < -0.4 is 19.9 Å². The van der Waals surface area contributed by atoms with Gasteiger partial charge in [0.25, 0.3) is 0 Å².